The van der Waals surface area contributed by atoms with Gasteiger partial charge in [0.05, 0.1) is 6.10 Å². The third-order valence-corrected chi connectivity index (χ3v) is 3.31. The van der Waals surface area contributed by atoms with Gasteiger partial charge < -0.3 is 9.90 Å². The van der Waals surface area contributed by atoms with E-state index in [-0.39, 0.29) is 11.8 Å². The van der Waals surface area contributed by atoms with Crippen molar-refractivity contribution < 1.29 is 9.90 Å². The summed E-state index contributed by atoms with van der Waals surface area (Å²) in [6.45, 7) is 0. The molecule has 2 nitrogen and oxygen atoms in total. The average molecular weight is 204 g/mol. The maximum absolute atomic E-state index is 10.8. The largest absolute Gasteiger partial charge is 0.392 e. The first kappa shape index (κ1) is 10.4. The smallest absolute Gasteiger partial charge is 0.125 e. The predicted octanol–water partition coefficient (Wildman–Crippen LogP) is 2.13. The van der Waals surface area contributed by atoms with Crippen LogP contribution < -0.4 is 0 Å². The minimum atomic E-state index is -0.501. The first-order valence-corrected chi connectivity index (χ1v) is 5.51. The molecule has 15 heavy (non-hydrogen) atoms. The summed E-state index contributed by atoms with van der Waals surface area (Å²) in [5.41, 5.74) is 1.15. The van der Waals surface area contributed by atoms with Crippen LogP contribution in [0.15, 0.2) is 30.3 Å². The lowest BCUT2D eigenvalue weighted by Crippen LogP contribution is -2.32. The van der Waals surface area contributed by atoms with Gasteiger partial charge in [0, 0.05) is 11.8 Å². The second-order valence-electron chi connectivity index (χ2n) is 4.24. The minimum absolute atomic E-state index is 0.134. The van der Waals surface area contributed by atoms with Gasteiger partial charge in [0.25, 0.3) is 0 Å². The molecule has 0 amide bonds. The van der Waals surface area contributed by atoms with Gasteiger partial charge >= 0.3 is 0 Å². The van der Waals surface area contributed by atoms with Crippen molar-refractivity contribution in [1.82, 2.24) is 0 Å². The molecule has 1 saturated carbocycles. The van der Waals surface area contributed by atoms with Crippen LogP contribution in [0.25, 0.3) is 0 Å². The van der Waals surface area contributed by atoms with E-state index in [0.29, 0.717) is 0 Å². The number of aliphatic hydroxyl groups is 1. The fourth-order valence-electron chi connectivity index (χ4n) is 2.43. The highest BCUT2D eigenvalue weighted by Gasteiger charge is 2.32. The molecule has 1 aromatic carbocycles. The molecule has 2 rings (SSSR count). The van der Waals surface area contributed by atoms with Crippen LogP contribution in [0.4, 0.5) is 0 Å². The van der Waals surface area contributed by atoms with Gasteiger partial charge in [-0.1, -0.05) is 36.8 Å². The normalized spacial score (nSPS) is 31.1. The van der Waals surface area contributed by atoms with Crippen molar-refractivity contribution in [2.45, 2.75) is 31.3 Å². The van der Waals surface area contributed by atoms with E-state index in [1.165, 1.54) is 0 Å². The first-order chi connectivity index (χ1) is 7.33. The summed E-state index contributed by atoms with van der Waals surface area (Å²) in [6.07, 6.45) is 3.24. The maximum atomic E-state index is 10.8. The van der Waals surface area contributed by atoms with Gasteiger partial charge in [-0.05, 0) is 18.4 Å². The van der Waals surface area contributed by atoms with Gasteiger partial charge in [-0.2, -0.15) is 0 Å². The summed E-state index contributed by atoms with van der Waals surface area (Å²) in [6, 6.07) is 9.98. The fourth-order valence-corrected chi connectivity index (χ4v) is 2.43. The number of aliphatic hydroxyl groups excluding tert-OH is 1. The first-order valence-electron chi connectivity index (χ1n) is 5.51. The van der Waals surface area contributed by atoms with Crippen LogP contribution in [0.1, 0.15) is 30.7 Å². The summed E-state index contributed by atoms with van der Waals surface area (Å²) in [7, 11) is 0. The van der Waals surface area contributed by atoms with Gasteiger partial charge in [-0.25, -0.2) is 0 Å². The molecule has 0 heterocycles. The second-order valence-corrected chi connectivity index (χ2v) is 4.24. The molecule has 0 spiro atoms. The van der Waals surface area contributed by atoms with Gasteiger partial charge in [-0.3, -0.25) is 0 Å². The predicted molar refractivity (Wildman–Crippen MR) is 58.6 cm³/mol. The molecule has 1 fully saturated rings. The van der Waals surface area contributed by atoms with E-state index in [2.05, 4.69) is 0 Å². The Balaban J connectivity index is 2.18. The zero-order chi connectivity index (χ0) is 10.7. The van der Waals surface area contributed by atoms with Crippen molar-refractivity contribution in [3.63, 3.8) is 0 Å². The summed E-state index contributed by atoms with van der Waals surface area (Å²) in [5, 5.41) is 10.1. The van der Waals surface area contributed by atoms with Crippen LogP contribution in [0.5, 0.6) is 0 Å². The van der Waals surface area contributed by atoms with Crippen molar-refractivity contribution in [2.75, 3.05) is 0 Å². The minimum Gasteiger partial charge on any atom is -0.392 e. The van der Waals surface area contributed by atoms with Gasteiger partial charge in [0.2, 0.25) is 0 Å². The van der Waals surface area contributed by atoms with E-state index in [0.717, 1.165) is 31.1 Å². The van der Waals surface area contributed by atoms with Crippen LogP contribution in [0.3, 0.4) is 0 Å². The molecular formula is C13H16O2. The highest BCUT2D eigenvalue weighted by atomic mass is 16.3. The quantitative estimate of drug-likeness (QED) is 0.749. The number of hydrogen-bond acceptors (Lipinski definition) is 2. The van der Waals surface area contributed by atoms with Crippen molar-refractivity contribution in [1.29, 1.82) is 0 Å². The molecule has 2 heteroatoms. The van der Waals surface area contributed by atoms with Crippen LogP contribution in [0, 0.1) is 5.92 Å². The topological polar surface area (TPSA) is 37.3 Å². The third kappa shape index (κ3) is 2.10. The number of carbonyl (C=O) groups is 1. The number of benzene rings is 1. The lowest BCUT2D eigenvalue weighted by atomic mass is 9.76. The highest BCUT2D eigenvalue weighted by molar-refractivity contribution is 5.55. The standard InChI is InChI=1S/C13H16O2/c14-9-11-7-4-8-12(13(11)15)10-5-2-1-3-6-10/h1-3,5-6,9,11-13,15H,4,7-8H2. The van der Waals surface area contributed by atoms with E-state index < -0.39 is 6.10 Å². The summed E-state index contributed by atoms with van der Waals surface area (Å²) < 4.78 is 0. The summed E-state index contributed by atoms with van der Waals surface area (Å²) >= 11 is 0. The van der Waals surface area contributed by atoms with E-state index in [1.807, 2.05) is 30.3 Å². The van der Waals surface area contributed by atoms with E-state index in [4.69, 9.17) is 0 Å². The molecule has 0 radical (unpaired) electrons. The van der Waals surface area contributed by atoms with Gasteiger partial charge in [0.15, 0.2) is 0 Å². The molecule has 1 aliphatic rings. The Labute approximate surface area is 89.9 Å². The number of carbonyl (C=O) groups excluding carboxylic acids is 1. The lowest BCUT2D eigenvalue weighted by Gasteiger charge is -2.32. The Morgan fingerprint density at radius 3 is 2.60 bits per heavy atom. The molecule has 1 aliphatic carbocycles. The van der Waals surface area contributed by atoms with E-state index >= 15 is 0 Å². The number of rotatable bonds is 2. The third-order valence-electron chi connectivity index (χ3n) is 3.31. The van der Waals surface area contributed by atoms with Gasteiger partial charge in [-0.15, -0.1) is 0 Å². The molecular weight excluding hydrogens is 188 g/mol. The lowest BCUT2D eigenvalue weighted by molar-refractivity contribution is -0.116. The molecule has 3 unspecified atom stereocenters. The van der Waals surface area contributed by atoms with Gasteiger partial charge in [0.1, 0.15) is 6.29 Å². The average Bonchev–Trinajstić information content (AvgIpc) is 2.30. The zero-order valence-corrected chi connectivity index (χ0v) is 8.67. The van der Waals surface area contributed by atoms with Crippen molar-refractivity contribution in [2.24, 2.45) is 5.92 Å². The Morgan fingerprint density at radius 2 is 1.93 bits per heavy atom. The highest BCUT2D eigenvalue weighted by Crippen LogP contribution is 2.35. The Hall–Kier alpha value is -1.15. The number of hydrogen-bond donors (Lipinski definition) is 1. The van der Waals surface area contributed by atoms with E-state index in [1.54, 1.807) is 0 Å². The number of aldehydes is 1. The van der Waals surface area contributed by atoms with Crippen LogP contribution in [0.2, 0.25) is 0 Å². The molecule has 0 aliphatic heterocycles. The molecule has 0 aromatic heterocycles. The maximum Gasteiger partial charge on any atom is 0.125 e. The SMILES string of the molecule is O=CC1CCCC(c2ccccc2)C1O. The monoisotopic (exact) mass is 204 g/mol. The summed E-state index contributed by atoms with van der Waals surface area (Å²) in [4.78, 5) is 10.8. The molecule has 80 valence electrons. The van der Waals surface area contributed by atoms with Crippen molar-refractivity contribution in [3.05, 3.63) is 35.9 Å². The summed E-state index contributed by atoms with van der Waals surface area (Å²) in [5.74, 6) is -0.0425. The Bertz CT molecular complexity index is 321. The van der Waals surface area contributed by atoms with Crippen molar-refractivity contribution in [3.8, 4) is 0 Å². The Morgan fingerprint density at radius 1 is 1.20 bits per heavy atom. The Kier molecular flexibility index (Phi) is 3.17. The van der Waals surface area contributed by atoms with Crippen molar-refractivity contribution >= 4 is 6.29 Å². The molecule has 0 saturated heterocycles. The van der Waals surface area contributed by atoms with Crippen LogP contribution >= 0.6 is 0 Å². The van der Waals surface area contributed by atoms with Crippen LogP contribution in [-0.4, -0.2) is 17.5 Å². The van der Waals surface area contributed by atoms with E-state index in [9.17, 15) is 9.90 Å². The second kappa shape index (κ2) is 4.58. The molecule has 3 atom stereocenters. The molecule has 1 N–H and O–H groups in total. The molecule has 1 aromatic rings. The fraction of sp³-hybridized carbons (Fsp3) is 0.462. The molecule has 0 bridgehead atoms. The van der Waals surface area contributed by atoms with Crippen LogP contribution in [-0.2, 0) is 4.79 Å². The zero-order valence-electron chi connectivity index (χ0n) is 8.67.